The molecule has 0 aliphatic rings. The van der Waals surface area contributed by atoms with E-state index in [9.17, 15) is 14.4 Å². The Morgan fingerprint density at radius 2 is 2.00 bits per heavy atom. The summed E-state index contributed by atoms with van der Waals surface area (Å²) in [5.41, 5.74) is 0.694. The molecule has 0 saturated heterocycles. The summed E-state index contributed by atoms with van der Waals surface area (Å²) in [6, 6.07) is -0.617. The first-order valence-electron chi connectivity index (χ1n) is 6.69. The van der Waals surface area contributed by atoms with Crippen LogP contribution in [0.5, 0.6) is 0 Å². The zero-order valence-electron chi connectivity index (χ0n) is 12.3. The van der Waals surface area contributed by atoms with Gasteiger partial charge in [0.25, 0.3) is 5.91 Å². The van der Waals surface area contributed by atoms with Gasteiger partial charge in [-0.25, -0.2) is 9.59 Å². The van der Waals surface area contributed by atoms with E-state index in [-0.39, 0.29) is 5.56 Å². The van der Waals surface area contributed by atoms with Gasteiger partial charge in [0.05, 0.1) is 5.69 Å². The van der Waals surface area contributed by atoms with Crippen LogP contribution in [-0.4, -0.2) is 36.2 Å². The third-order valence-corrected chi connectivity index (χ3v) is 2.60. The Labute approximate surface area is 122 Å². The molecule has 21 heavy (non-hydrogen) atoms. The van der Waals surface area contributed by atoms with E-state index in [0.717, 1.165) is 6.42 Å². The number of hydrogen-bond donors (Lipinski definition) is 2. The van der Waals surface area contributed by atoms with Gasteiger partial charge < -0.3 is 14.6 Å². The molecule has 8 heteroatoms. The van der Waals surface area contributed by atoms with Crippen molar-refractivity contribution >= 4 is 17.9 Å². The fourth-order valence-electron chi connectivity index (χ4n) is 1.57. The van der Waals surface area contributed by atoms with Gasteiger partial charge in [-0.3, -0.25) is 10.1 Å². The molecular weight excluding hydrogens is 278 g/mol. The molecule has 1 rings (SSSR count). The van der Waals surface area contributed by atoms with E-state index in [1.165, 1.54) is 0 Å². The van der Waals surface area contributed by atoms with Gasteiger partial charge in [0.15, 0.2) is 6.61 Å². The van der Waals surface area contributed by atoms with Gasteiger partial charge in [-0.2, -0.15) is 0 Å². The quantitative estimate of drug-likeness (QED) is 0.756. The van der Waals surface area contributed by atoms with Crippen LogP contribution in [0.15, 0.2) is 4.52 Å². The lowest BCUT2D eigenvalue weighted by Crippen LogP contribution is -2.41. The van der Waals surface area contributed by atoms with Crippen molar-refractivity contribution in [2.45, 2.75) is 33.6 Å². The number of nitrogens with zero attached hydrogens (tertiary/aromatic N) is 1. The zero-order chi connectivity index (χ0) is 15.8. The van der Waals surface area contributed by atoms with Crippen LogP contribution < -0.4 is 10.6 Å². The second-order valence-electron chi connectivity index (χ2n) is 4.29. The molecule has 0 fully saturated rings. The first-order chi connectivity index (χ1) is 9.99. The van der Waals surface area contributed by atoms with Crippen LogP contribution in [0.1, 0.15) is 42.1 Å². The normalized spacial score (nSPS) is 10.0. The topological polar surface area (TPSA) is 111 Å². The number of nitrogens with one attached hydrogen (secondary N) is 2. The van der Waals surface area contributed by atoms with Crippen molar-refractivity contribution in [3.05, 3.63) is 17.0 Å². The number of imide groups is 1. The molecule has 0 radical (unpaired) electrons. The summed E-state index contributed by atoms with van der Waals surface area (Å²) < 4.78 is 9.75. The fraction of sp³-hybridized carbons (Fsp3) is 0.538. The predicted molar refractivity (Wildman–Crippen MR) is 72.7 cm³/mol. The molecule has 0 bridgehead atoms. The van der Waals surface area contributed by atoms with Crippen molar-refractivity contribution in [3.63, 3.8) is 0 Å². The minimum absolute atomic E-state index is 0.223. The highest BCUT2D eigenvalue weighted by molar-refractivity contribution is 5.97. The van der Waals surface area contributed by atoms with Gasteiger partial charge >= 0.3 is 12.0 Å². The maximum Gasteiger partial charge on any atom is 0.344 e. The first-order valence-corrected chi connectivity index (χ1v) is 6.69. The summed E-state index contributed by atoms with van der Waals surface area (Å²) >= 11 is 0. The number of ether oxygens (including phenoxy) is 1. The lowest BCUT2D eigenvalue weighted by atomic mass is 10.1. The Morgan fingerprint density at radius 1 is 1.29 bits per heavy atom. The lowest BCUT2D eigenvalue weighted by Gasteiger charge is -2.06. The monoisotopic (exact) mass is 297 g/mol. The summed E-state index contributed by atoms with van der Waals surface area (Å²) in [5.74, 6) is -1.07. The van der Waals surface area contributed by atoms with E-state index in [0.29, 0.717) is 24.4 Å². The van der Waals surface area contributed by atoms with E-state index in [2.05, 4.69) is 15.8 Å². The summed E-state index contributed by atoms with van der Waals surface area (Å²) in [6.07, 6.45) is 1.26. The number of aromatic nitrogens is 1. The molecule has 1 heterocycles. The highest BCUT2D eigenvalue weighted by atomic mass is 16.5. The number of aryl methyl sites for hydroxylation is 2. The lowest BCUT2D eigenvalue weighted by molar-refractivity contribution is -0.123. The highest BCUT2D eigenvalue weighted by Crippen LogP contribution is 2.14. The van der Waals surface area contributed by atoms with E-state index in [1.54, 1.807) is 6.92 Å². The van der Waals surface area contributed by atoms with Gasteiger partial charge in [-0.15, -0.1) is 0 Å². The van der Waals surface area contributed by atoms with Crippen LogP contribution in [0.4, 0.5) is 4.79 Å². The number of carbonyl (C=O) groups excluding carboxylic acids is 3. The maximum absolute atomic E-state index is 11.9. The van der Waals surface area contributed by atoms with Gasteiger partial charge in [0.2, 0.25) is 0 Å². The van der Waals surface area contributed by atoms with E-state index in [4.69, 9.17) is 9.26 Å². The Kier molecular flexibility index (Phi) is 6.38. The molecule has 0 aliphatic carbocycles. The SMILES string of the molecule is CCCNC(=O)NC(=O)COC(=O)c1c(CC)noc1C. The molecule has 1 aromatic rings. The molecule has 8 nitrogen and oxygen atoms in total. The number of carbonyl (C=O) groups is 3. The molecule has 3 amide bonds. The van der Waals surface area contributed by atoms with Crippen LogP contribution in [-0.2, 0) is 16.0 Å². The third-order valence-electron chi connectivity index (χ3n) is 2.60. The molecular formula is C13H19N3O5. The molecule has 0 spiro atoms. The van der Waals surface area contributed by atoms with Crippen molar-refractivity contribution in [2.75, 3.05) is 13.2 Å². The van der Waals surface area contributed by atoms with E-state index < -0.39 is 24.5 Å². The van der Waals surface area contributed by atoms with Crippen LogP contribution in [0.2, 0.25) is 0 Å². The van der Waals surface area contributed by atoms with Crippen LogP contribution in [0, 0.1) is 6.92 Å². The van der Waals surface area contributed by atoms with E-state index in [1.807, 2.05) is 13.8 Å². The maximum atomic E-state index is 11.9. The summed E-state index contributed by atoms with van der Waals surface area (Å²) in [7, 11) is 0. The number of amides is 3. The van der Waals surface area contributed by atoms with Crippen LogP contribution >= 0.6 is 0 Å². The Balaban J connectivity index is 2.47. The first kappa shape index (κ1) is 16.7. The van der Waals surface area contributed by atoms with Crippen molar-refractivity contribution < 1.29 is 23.6 Å². The zero-order valence-corrected chi connectivity index (χ0v) is 12.3. The highest BCUT2D eigenvalue weighted by Gasteiger charge is 2.21. The molecule has 0 aliphatic heterocycles. The number of rotatable bonds is 6. The largest absolute Gasteiger partial charge is 0.452 e. The standard InChI is InChI=1S/C13H19N3O5/c1-4-6-14-13(19)15-10(17)7-20-12(18)11-8(3)21-16-9(11)5-2/h4-7H2,1-3H3,(H2,14,15,17,19). The fourth-order valence-corrected chi connectivity index (χ4v) is 1.57. The second-order valence-corrected chi connectivity index (χ2v) is 4.29. The minimum Gasteiger partial charge on any atom is -0.452 e. The van der Waals surface area contributed by atoms with Gasteiger partial charge in [0, 0.05) is 6.54 Å². The average molecular weight is 297 g/mol. The minimum atomic E-state index is -0.705. The van der Waals surface area contributed by atoms with Gasteiger partial charge in [-0.1, -0.05) is 19.0 Å². The van der Waals surface area contributed by atoms with Crippen molar-refractivity contribution in [1.82, 2.24) is 15.8 Å². The van der Waals surface area contributed by atoms with Crippen LogP contribution in [0.25, 0.3) is 0 Å². The predicted octanol–water partition coefficient (Wildman–Crippen LogP) is 0.938. The molecule has 1 aromatic heterocycles. The van der Waals surface area contributed by atoms with Gasteiger partial charge in [-0.05, 0) is 19.8 Å². The Morgan fingerprint density at radius 3 is 2.62 bits per heavy atom. The molecule has 2 N–H and O–H groups in total. The summed E-state index contributed by atoms with van der Waals surface area (Å²) in [5, 5.41) is 8.25. The second kappa shape index (κ2) is 8.03. The van der Waals surface area contributed by atoms with E-state index >= 15 is 0 Å². The Hall–Kier alpha value is -2.38. The average Bonchev–Trinajstić information content (AvgIpc) is 2.83. The molecule has 0 unspecified atom stereocenters. The number of esters is 1. The molecule has 0 aromatic carbocycles. The third kappa shape index (κ3) is 4.90. The van der Waals surface area contributed by atoms with Crippen molar-refractivity contribution in [2.24, 2.45) is 0 Å². The van der Waals surface area contributed by atoms with Crippen molar-refractivity contribution in [3.8, 4) is 0 Å². The smallest absolute Gasteiger partial charge is 0.344 e. The van der Waals surface area contributed by atoms with Crippen molar-refractivity contribution in [1.29, 1.82) is 0 Å². The summed E-state index contributed by atoms with van der Waals surface area (Å²) in [6.45, 7) is 5.20. The van der Waals surface area contributed by atoms with Crippen LogP contribution in [0.3, 0.4) is 0 Å². The Bertz CT molecular complexity index is 524. The summed E-state index contributed by atoms with van der Waals surface area (Å²) in [4.78, 5) is 34.5. The molecule has 0 atom stereocenters. The molecule has 116 valence electrons. The molecule has 0 saturated carbocycles. The van der Waals surface area contributed by atoms with Gasteiger partial charge in [0.1, 0.15) is 11.3 Å². The number of urea groups is 1. The number of hydrogen-bond acceptors (Lipinski definition) is 6.